The second kappa shape index (κ2) is 5.70. The number of allylic oxidation sites excluding steroid dienone is 1. The minimum absolute atomic E-state index is 0.526. The van der Waals surface area contributed by atoms with Crippen molar-refractivity contribution in [3.8, 4) is 0 Å². The summed E-state index contributed by atoms with van der Waals surface area (Å²) < 4.78 is 14.0. The van der Waals surface area contributed by atoms with E-state index in [0.29, 0.717) is 12.2 Å². The fourth-order valence-electron chi connectivity index (χ4n) is 0.335. The van der Waals surface area contributed by atoms with Crippen LogP contribution < -0.4 is 0 Å². The third-order valence-electron chi connectivity index (χ3n) is 0.749. The lowest BCUT2D eigenvalue weighted by Crippen LogP contribution is -1.74. The summed E-state index contributed by atoms with van der Waals surface area (Å²) in [4.78, 5) is 8.93. The summed E-state index contributed by atoms with van der Waals surface area (Å²) in [5.74, 6) is 0.526. The molecule has 62 valence electrons. The van der Waals surface area contributed by atoms with Crippen molar-refractivity contribution in [1.82, 2.24) is 0 Å². The third kappa shape index (κ3) is 6.48. The molecule has 0 saturated heterocycles. The molecule has 0 aromatic carbocycles. The highest BCUT2D eigenvalue weighted by Crippen LogP contribution is 2.55. The first kappa shape index (κ1) is 11.1. The van der Waals surface area contributed by atoms with E-state index in [1.807, 2.05) is 5.16 Å². The van der Waals surface area contributed by atoms with Gasteiger partial charge in [0.15, 0.2) is 0 Å². The van der Waals surface area contributed by atoms with E-state index in [9.17, 15) is 4.57 Å². The molecule has 0 bridgehead atoms. The Labute approximate surface area is 74.9 Å². The predicted molar refractivity (Wildman–Crippen MR) is 52.1 cm³/mol. The maximum atomic E-state index is 10.9. The minimum atomic E-state index is -3.44. The smallest absolute Gasteiger partial charge is 0.320 e. The molecule has 0 aliphatic carbocycles. The number of hydrogen-bond donors (Lipinski definition) is 1. The lowest BCUT2D eigenvalue weighted by atomic mass is 10.5. The van der Waals surface area contributed by atoms with Crippen molar-refractivity contribution in [3.63, 3.8) is 0 Å². The van der Waals surface area contributed by atoms with Gasteiger partial charge in [0.25, 0.3) is 0 Å². The molecule has 1 atom stereocenters. The molecule has 0 fully saturated rings. The van der Waals surface area contributed by atoms with Crippen molar-refractivity contribution in [2.24, 2.45) is 4.76 Å². The molecule has 0 aliphatic heterocycles. The summed E-state index contributed by atoms with van der Waals surface area (Å²) in [5, 5.41) is 1.88. The third-order valence-corrected chi connectivity index (χ3v) is 3.88. The first-order valence-electron chi connectivity index (χ1n) is 2.80. The Kier molecular flexibility index (Phi) is 5.74. The van der Waals surface area contributed by atoms with E-state index in [-0.39, 0.29) is 0 Å². The highest BCUT2D eigenvalue weighted by molar-refractivity contribution is 8.55. The van der Waals surface area contributed by atoms with Crippen LogP contribution in [0.2, 0.25) is 0 Å². The van der Waals surface area contributed by atoms with Crippen molar-refractivity contribution in [3.05, 3.63) is 12.7 Å². The number of hydrogen-bond acceptors (Lipinski definition) is 3. The number of thiocarbonyl (C=S) groups is 1. The quantitative estimate of drug-likeness (QED) is 0.248. The maximum absolute atomic E-state index is 10.9. The van der Waals surface area contributed by atoms with Crippen LogP contribution in [-0.4, -0.2) is 15.8 Å². The van der Waals surface area contributed by atoms with Crippen LogP contribution in [0.1, 0.15) is 6.42 Å². The Morgan fingerprint density at radius 3 is 3.00 bits per heavy atom. The second-order valence-electron chi connectivity index (χ2n) is 1.59. The number of rotatable bonds is 5. The van der Waals surface area contributed by atoms with E-state index in [4.69, 9.17) is 4.89 Å². The highest BCUT2D eigenvalue weighted by Gasteiger charge is 2.15. The summed E-state index contributed by atoms with van der Waals surface area (Å²) in [6.07, 6.45) is 2.36. The van der Waals surface area contributed by atoms with E-state index in [1.54, 1.807) is 6.08 Å². The van der Waals surface area contributed by atoms with Crippen LogP contribution in [-0.2, 0) is 4.57 Å². The molecular formula is C5H8NO2PS2. The Bertz CT molecular complexity index is 225. The molecule has 11 heavy (non-hydrogen) atoms. The summed E-state index contributed by atoms with van der Waals surface area (Å²) in [6.45, 7) is 0.0312. The summed E-state index contributed by atoms with van der Waals surface area (Å²) in [6, 6.07) is 0. The minimum Gasteiger partial charge on any atom is -0.320 e. The maximum Gasteiger partial charge on any atom is 0.377 e. The first-order chi connectivity index (χ1) is 5.12. The van der Waals surface area contributed by atoms with Gasteiger partial charge in [0, 0.05) is 5.75 Å². The zero-order valence-corrected chi connectivity index (χ0v) is 8.29. The summed E-state index contributed by atoms with van der Waals surface area (Å²) in [5.41, 5.74) is 0. The Hall–Kier alpha value is 0.0800. The van der Waals surface area contributed by atoms with Gasteiger partial charge < -0.3 is 4.89 Å². The predicted octanol–water partition coefficient (Wildman–Crippen LogP) is 2.50. The summed E-state index contributed by atoms with van der Waals surface area (Å²) in [7, 11) is 0. The molecule has 0 heterocycles. The highest BCUT2D eigenvalue weighted by atomic mass is 32.7. The zero-order chi connectivity index (χ0) is 8.74. The van der Waals surface area contributed by atoms with E-state index in [1.165, 1.54) is 0 Å². The van der Waals surface area contributed by atoms with Gasteiger partial charge in [0.1, 0.15) is 0 Å². The van der Waals surface area contributed by atoms with Gasteiger partial charge >= 0.3 is 6.72 Å². The number of nitrogens with zero attached hydrogens (tertiary/aromatic N) is 1. The average Bonchev–Trinajstić information content (AvgIpc) is 1.87. The molecule has 1 N–H and O–H groups in total. The fourth-order valence-corrected chi connectivity index (χ4v) is 2.82. The topological polar surface area (TPSA) is 49.7 Å². The van der Waals surface area contributed by atoms with Crippen LogP contribution in [0.5, 0.6) is 0 Å². The van der Waals surface area contributed by atoms with Gasteiger partial charge in [0.2, 0.25) is 0 Å². The monoisotopic (exact) mass is 209 g/mol. The van der Waals surface area contributed by atoms with Gasteiger partial charge in [-0.3, -0.25) is 4.57 Å². The van der Waals surface area contributed by atoms with Crippen LogP contribution in [0.3, 0.4) is 0 Å². The molecular weight excluding hydrogens is 201 g/mol. The van der Waals surface area contributed by atoms with Crippen LogP contribution in [0.4, 0.5) is 0 Å². The van der Waals surface area contributed by atoms with Gasteiger partial charge in [-0.1, -0.05) is 6.08 Å². The first-order valence-corrected chi connectivity index (χ1v) is 6.41. The largest absolute Gasteiger partial charge is 0.377 e. The van der Waals surface area contributed by atoms with Crippen LogP contribution in [0.15, 0.2) is 17.4 Å². The molecule has 0 aliphatic rings. The van der Waals surface area contributed by atoms with Crippen LogP contribution >= 0.6 is 30.3 Å². The van der Waals surface area contributed by atoms with E-state index in [0.717, 1.165) is 11.4 Å². The molecule has 0 rings (SSSR count). The van der Waals surface area contributed by atoms with Gasteiger partial charge in [-0.05, 0) is 30.0 Å². The van der Waals surface area contributed by atoms with Crippen molar-refractivity contribution >= 4 is 35.5 Å². The molecule has 6 heteroatoms. The van der Waals surface area contributed by atoms with Crippen molar-refractivity contribution < 1.29 is 9.46 Å². The molecule has 0 aromatic rings. The summed E-state index contributed by atoms with van der Waals surface area (Å²) >= 11 is 5.07. The lowest BCUT2D eigenvalue weighted by Gasteiger charge is -2.00. The van der Waals surface area contributed by atoms with E-state index < -0.39 is 6.72 Å². The second-order valence-corrected chi connectivity index (χ2v) is 5.82. The van der Waals surface area contributed by atoms with Gasteiger partial charge in [-0.15, -0.1) is 11.3 Å². The molecule has 3 nitrogen and oxygen atoms in total. The number of isothiocyanates is 1. The van der Waals surface area contributed by atoms with E-state index in [2.05, 4.69) is 23.6 Å². The van der Waals surface area contributed by atoms with Gasteiger partial charge in [-0.2, -0.15) is 0 Å². The van der Waals surface area contributed by atoms with Gasteiger partial charge in [0.05, 0.1) is 5.16 Å². The molecule has 0 spiro atoms. The zero-order valence-electron chi connectivity index (χ0n) is 5.77. The fraction of sp³-hybridized carbons (Fsp3) is 0.400. The van der Waals surface area contributed by atoms with Crippen LogP contribution in [0.25, 0.3) is 0 Å². The molecule has 1 unspecified atom stereocenters. The molecule has 0 radical (unpaired) electrons. The SMILES string of the molecule is C=CCCSP(=O)(O)N=C=S. The molecule has 0 aromatic heterocycles. The molecule has 0 amide bonds. The normalized spacial score (nSPS) is 14.6. The Balaban J connectivity index is 3.82. The average molecular weight is 209 g/mol. The Morgan fingerprint density at radius 2 is 2.55 bits per heavy atom. The lowest BCUT2D eigenvalue weighted by molar-refractivity contribution is 0.499. The van der Waals surface area contributed by atoms with E-state index >= 15 is 0 Å². The van der Waals surface area contributed by atoms with Gasteiger partial charge in [-0.25, -0.2) is 0 Å². The standard InChI is InChI=1S/C5H8NO2PS2/c1-2-3-4-11-9(7,8)6-5-10/h2H,1,3-4H2,(H,7,8). The van der Waals surface area contributed by atoms with Crippen LogP contribution in [0, 0.1) is 0 Å². The Morgan fingerprint density at radius 1 is 1.91 bits per heavy atom. The van der Waals surface area contributed by atoms with Crippen molar-refractivity contribution in [2.75, 3.05) is 5.75 Å². The van der Waals surface area contributed by atoms with Crippen molar-refractivity contribution in [2.45, 2.75) is 6.42 Å². The molecule has 0 saturated carbocycles. The van der Waals surface area contributed by atoms with Crippen molar-refractivity contribution in [1.29, 1.82) is 0 Å².